The Balaban J connectivity index is 1.35. The van der Waals surface area contributed by atoms with Gasteiger partial charge in [0.2, 0.25) is 0 Å². The first kappa shape index (κ1) is 30.6. The maximum atomic E-state index is 5.34. The fourth-order valence-electron chi connectivity index (χ4n) is 5.56. The van der Waals surface area contributed by atoms with Crippen LogP contribution in [0.4, 0.5) is 0 Å². The van der Waals surface area contributed by atoms with E-state index in [9.17, 15) is 0 Å². The Morgan fingerprint density at radius 1 is 0.465 bits per heavy atom. The largest absolute Gasteiger partial charge is 0.350 e. The van der Waals surface area contributed by atoms with Crippen LogP contribution < -0.4 is 0 Å². The number of nitrogens with zero attached hydrogens (tertiary/aromatic N) is 6. The van der Waals surface area contributed by atoms with Crippen LogP contribution in [0, 0.1) is 0 Å². The number of hydrogen-bond donors (Lipinski definition) is 0. The lowest BCUT2D eigenvalue weighted by molar-refractivity contribution is 0.403. The monoisotopic (exact) mass is 646 g/mol. The van der Waals surface area contributed by atoms with Crippen LogP contribution in [0.1, 0.15) is 53.2 Å². The molecule has 0 spiro atoms. The molecule has 3 aromatic carbocycles. The Kier molecular flexibility index (Phi) is 9.43. The van der Waals surface area contributed by atoms with Gasteiger partial charge in [-0.1, -0.05) is 126 Å². The molecular weight excluding hydrogens is 608 g/mol. The molecule has 3 saturated heterocycles. The minimum Gasteiger partial charge on any atom is -0.350 e. The van der Waals surface area contributed by atoms with Crippen LogP contribution in [0.15, 0.2) is 105 Å². The van der Waals surface area contributed by atoms with Gasteiger partial charge in [0.1, 0.15) is 0 Å². The fourth-order valence-corrected chi connectivity index (χ4v) is 11.5. The van der Waals surface area contributed by atoms with E-state index in [1.807, 2.05) is 35.3 Å². The molecule has 3 aromatic rings. The highest BCUT2D eigenvalue weighted by atomic mass is 32.2. The van der Waals surface area contributed by atoms with Crippen LogP contribution in [0.25, 0.3) is 0 Å². The molecule has 0 saturated carbocycles. The highest BCUT2D eigenvalue weighted by molar-refractivity contribution is 8.15. The predicted molar refractivity (Wildman–Crippen MR) is 191 cm³/mol. The molecule has 3 heterocycles. The number of thioether (sulfide) groups is 3. The second-order valence-corrected chi connectivity index (χ2v) is 15.8. The van der Waals surface area contributed by atoms with Crippen LogP contribution in [0.3, 0.4) is 0 Å². The summed E-state index contributed by atoms with van der Waals surface area (Å²) < 4.78 is 16.0. The maximum absolute atomic E-state index is 5.34. The van der Waals surface area contributed by atoms with Crippen molar-refractivity contribution in [2.45, 2.75) is 54.6 Å². The van der Waals surface area contributed by atoms with Gasteiger partial charge < -0.3 is 14.7 Å². The summed E-state index contributed by atoms with van der Waals surface area (Å²) in [6.07, 6.45) is 0. The lowest BCUT2D eigenvalue weighted by Gasteiger charge is -2.22. The highest BCUT2D eigenvalue weighted by Gasteiger charge is 2.39. The molecule has 0 N–H and O–H groups in total. The van der Waals surface area contributed by atoms with Crippen LogP contribution in [-0.2, 0) is 0 Å². The third kappa shape index (κ3) is 6.37. The molecule has 6 rings (SSSR count). The van der Waals surface area contributed by atoms with Crippen molar-refractivity contribution in [2.24, 2.45) is 14.3 Å². The average Bonchev–Trinajstić information content (AvgIpc) is 3.60. The van der Waals surface area contributed by atoms with Gasteiger partial charge in [0.05, 0.1) is 15.7 Å². The van der Waals surface area contributed by atoms with Gasteiger partial charge in [-0.15, -0.1) is 0 Å². The molecular formula is C33H39N6PS3. The summed E-state index contributed by atoms with van der Waals surface area (Å²) in [5, 5.41) is 3.99. The van der Waals surface area contributed by atoms with Crippen molar-refractivity contribution in [2.75, 3.05) is 21.1 Å². The van der Waals surface area contributed by atoms with Crippen molar-refractivity contribution in [1.82, 2.24) is 14.7 Å². The first-order chi connectivity index (χ1) is 20.8. The number of likely N-dealkylation sites (N-methyl/N-ethyl adjacent to an activating group) is 3. The van der Waals surface area contributed by atoms with Crippen molar-refractivity contribution in [3.63, 3.8) is 0 Å². The van der Waals surface area contributed by atoms with Gasteiger partial charge in [0, 0.05) is 39.3 Å². The van der Waals surface area contributed by atoms with Gasteiger partial charge in [-0.2, -0.15) is 14.3 Å². The van der Waals surface area contributed by atoms with E-state index in [0.717, 1.165) is 15.5 Å². The lowest BCUT2D eigenvalue weighted by atomic mass is 10.1. The van der Waals surface area contributed by atoms with Crippen LogP contribution in [0.2, 0.25) is 0 Å². The van der Waals surface area contributed by atoms with E-state index >= 15 is 0 Å². The van der Waals surface area contributed by atoms with E-state index in [-0.39, 0.29) is 0 Å². The van der Waals surface area contributed by atoms with E-state index < -0.39 is 8.37 Å². The zero-order chi connectivity index (χ0) is 30.1. The topological polar surface area (TPSA) is 46.8 Å². The Hall–Kier alpha value is -2.45. The van der Waals surface area contributed by atoms with E-state index in [2.05, 4.69) is 148 Å². The Morgan fingerprint density at radius 2 is 0.721 bits per heavy atom. The Bertz CT molecular complexity index is 1310. The van der Waals surface area contributed by atoms with E-state index in [1.54, 1.807) is 0 Å². The molecule has 224 valence electrons. The second kappa shape index (κ2) is 13.3. The Morgan fingerprint density at radius 3 is 0.977 bits per heavy atom. The van der Waals surface area contributed by atoms with Gasteiger partial charge in [0.25, 0.3) is 8.37 Å². The van der Waals surface area contributed by atoms with Crippen LogP contribution in [0.5, 0.6) is 0 Å². The highest BCUT2D eigenvalue weighted by Crippen LogP contribution is 2.53. The molecule has 0 radical (unpaired) electrons. The van der Waals surface area contributed by atoms with Gasteiger partial charge in [-0.3, -0.25) is 0 Å². The first-order valence-corrected chi connectivity index (χ1v) is 18.5. The van der Waals surface area contributed by atoms with Crippen molar-refractivity contribution in [3.05, 3.63) is 108 Å². The van der Waals surface area contributed by atoms with Crippen molar-refractivity contribution >= 4 is 59.2 Å². The summed E-state index contributed by atoms with van der Waals surface area (Å²) in [7, 11) is 5.04. The zero-order valence-electron chi connectivity index (χ0n) is 25.5. The molecule has 6 nitrogen and oxygen atoms in total. The van der Waals surface area contributed by atoms with Crippen molar-refractivity contribution in [3.8, 4) is 0 Å². The minimum atomic E-state index is -1.42. The zero-order valence-corrected chi connectivity index (χ0v) is 28.8. The number of rotatable bonds is 6. The molecule has 3 aliphatic rings. The third-order valence-corrected chi connectivity index (χ3v) is 14.7. The minimum absolute atomic E-state index is 0.319. The molecule has 3 fully saturated rings. The number of hydrogen-bond acceptors (Lipinski definition) is 6. The third-order valence-electron chi connectivity index (χ3n) is 8.66. The first-order valence-electron chi connectivity index (χ1n) is 14.7. The van der Waals surface area contributed by atoms with Gasteiger partial charge >= 0.3 is 0 Å². The van der Waals surface area contributed by atoms with Gasteiger partial charge in [0.15, 0.2) is 15.5 Å². The summed E-state index contributed by atoms with van der Waals surface area (Å²) in [6.45, 7) is 6.85. The molecule has 10 heteroatoms. The van der Waals surface area contributed by atoms with Crippen LogP contribution >= 0.6 is 43.7 Å². The number of amidine groups is 3. The molecule has 0 unspecified atom stereocenters. The molecule has 0 aliphatic carbocycles. The van der Waals surface area contributed by atoms with E-state index in [0.29, 0.717) is 33.9 Å². The summed E-state index contributed by atoms with van der Waals surface area (Å²) in [5.74, 6) is 0. The molecule has 0 amide bonds. The average molecular weight is 647 g/mol. The predicted octanol–water partition coefficient (Wildman–Crippen LogP) is 8.71. The van der Waals surface area contributed by atoms with Gasteiger partial charge in [-0.25, -0.2) is 0 Å². The molecule has 0 aromatic heterocycles. The summed E-state index contributed by atoms with van der Waals surface area (Å²) in [5.41, 5.74) is 3.99. The SMILES string of the molecule is C[C@@H]1[C@@H](c2ccccc2)S/C(=N/P(/N=C2/S[C@H](c3ccccc3)[C@@H](C)N2C)/N=C2/S[C@H](c3ccccc3)[C@@H](C)N2C)N1C. The normalized spacial score (nSPS) is 30.5. The van der Waals surface area contributed by atoms with E-state index in [4.69, 9.17) is 14.3 Å². The van der Waals surface area contributed by atoms with Crippen LogP contribution in [-0.4, -0.2) is 69.5 Å². The second-order valence-electron chi connectivity index (χ2n) is 11.3. The summed E-state index contributed by atoms with van der Waals surface area (Å²) >= 11 is 5.50. The van der Waals surface area contributed by atoms with Crippen molar-refractivity contribution < 1.29 is 0 Å². The molecule has 0 bridgehead atoms. The quantitative estimate of drug-likeness (QED) is 0.250. The lowest BCUT2D eigenvalue weighted by Crippen LogP contribution is -2.29. The fraction of sp³-hybridized carbons (Fsp3) is 0.364. The van der Waals surface area contributed by atoms with Gasteiger partial charge in [-0.05, 0) is 37.5 Å². The number of benzene rings is 3. The summed E-state index contributed by atoms with van der Waals surface area (Å²) in [6, 6.07) is 33.3. The van der Waals surface area contributed by atoms with Crippen molar-refractivity contribution in [1.29, 1.82) is 0 Å². The molecule has 6 atom stereocenters. The molecule has 3 aliphatic heterocycles. The summed E-state index contributed by atoms with van der Waals surface area (Å²) in [4.78, 5) is 6.92. The maximum Gasteiger partial charge on any atom is 0.275 e. The smallest absolute Gasteiger partial charge is 0.275 e. The van der Waals surface area contributed by atoms with E-state index in [1.165, 1.54) is 16.7 Å². The standard InChI is InChI=1S/C33H39N6PS3/c1-22-28(25-16-10-7-11-17-25)41-31(37(22)4)34-40(35-32-38(5)23(2)29(42-32)26-18-12-8-13-19-26)36-33-39(6)24(3)30(43-33)27-20-14-9-15-21-27/h7-24,28-30H,1-6H3/b34-31+,35-32+,36-33+/t22-,23-,24-,28+,29+,30+/m1/s1. The molecule has 43 heavy (non-hydrogen) atoms. The Labute approximate surface area is 270 Å².